The molecule has 0 fully saturated rings. The third-order valence-corrected chi connectivity index (χ3v) is 26.8. The van der Waals surface area contributed by atoms with Crippen molar-refractivity contribution < 1.29 is 0 Å². The Morgan fingerprint density at radius 2 is 0.545 bits per heavy atom. The molecule has 22 aromatic carbocycles. The minimum absolute atomic E-state index is 0.579. The molecule has 9 heteroatoms. The Bertz CT molecular complexity index is 9520. The lowest BCUT2D eigenvalue weighted by molar-refractivity contribution is 0.953. The summed E-state index contributed by atoms with van der Waals surface area (Å²) in [5.74, 6) is 2.50. The van der Waals surface area contributed by atoms with Crippen LogP contribution in [0, 0.1) is 0 Å². The standard InChI is InChI=1S/C43H27N5.C42H26N4.C40H26/c1-4-16-28(17-5-1)41-44-42(29-18-6-2-7-19-29)46-43(45-41)48-36-27-15-13-25-34(36)38-32-23-11-10-22-31(32)37-33-24-12-14-26-35(33)47(39(37)40(38)48)30-20-8-3-9-21-30;1-3-14-28(15-4-1)39-33-20-9-11-21-35(33)43-42(44-39)46-37-26-23-27-13-7-8-18-30(27)38(37)34-25-24-32-31-19-10-12-22-36(31)45(40(32)41(34)46)29-16-5-2-6-17-29;1-2-9-28-22-31(17-16-27(28)8-1)33-21-20-32-23-30(18-19-34(32)24-33)29-11-7-12-35(25-29)40-26-36-10-3-4-13-37(36)38-14-5-6-15-39(38)40/h1-27H;1-26H;1-26H. The second-order valence-corrected chi connectivity index (χ2v) is 34.5. The zero-order chi connectivity index (χ0) is 88.3. The first-order chi connectivity index (χ1) is 66.5. The Labute approximate surface area is 770 Å². The van der Waals surface area contributed by atoms with Gasteiger partial charge in [-0.2, -0.15) is 9.97 Å². The molecule has 28 rings (SSSR count). The fourth-order valence-corrected chi connectivity index (χ4v) is 20.8. The van der Waals surface area contributed by atoms with Gasteiger partial charge in [0.05, 0.1) is 55.3 Å². The number of hydrogen-bond acceptors (Lipinski definition) is 5. The minimum Gasteiger partial charge on any atom is -0.307 e. The van der Waals surface area contributed by atoms with Gasteiger partial charge in [0.25, 0.3) is 0 Å². The normalized spacial score (nSPS) is 11.7. The van der Waals surface area contributed by atoms with E-state index in [4.69, 9.17) is 24.9 Å². The highest BCUT2D eigenvalue weighted by Crippen LogP contribution is 2.49. The molecule has 0 aliphatic heterocycles. The molecule has 0 aliphatic carbocycles. The van der Waals surface area contributed by atoms with Crippen molar-refractivity contribution >= 4 is 163 Å². The van der Waals surface area contributed by atoms with Gasteiger partial charge in [-0.15, -0.1) is 0 Å². The average molecular weight is 1710 g/mol. The number of fused-ring (bicyclic) bond motifs is 25. The summed E-state index contributed by atoms with van der Waals surface area (Å²) in [5, 5.41) is 25.6. The van der Waals surface area contributed by atoms with Crippen molar-refractivity contribution in [3.63, 3.8) is 0 Å². The van der Waals surface area contributed by atoms with Gasteiger partial charge in [-0.1, -0.05) is 394 Å². The van der Waals surface area contributed by atoms with Crippen molar-refractivity contribution in [3.8, 4) is 90.7 Å². The molecule has 134 heavy (non-hydrogen) atoms. The highest BCUT2D eigenvalue weighted by atomic mass is 15.2. The Balaban J connectivity index is 0.000000105. The van der Waals surface area contributed by atoms with E-state index in [0.29, 0.717) is 23.5 Å². The summed E-state index contributed by atoms with van der Waals surface area (Å²) in [6, 6.07) is 171. The van der Waals surface area contributed by atoms with E-state index >= 15 is 0 Å². The fourth-order valence-electron chi connectivity index (χ4n) is 20.8. The first kappa shape index (κ1) is 77.1. The monoisotopic (exact) mass is 1710 g/mol. The summed E-state index contributed by atoms with van der Waals surface area (Å²) in [5.41, 5.74) is 23.3. The van der Waals surface area contributed by atoms with E-state index in [1.165, 1.54) is 141 Å². The van der Waals surface area contributed by atoms with Gasteiger partial charge in [0.2, 0.25) is 11.9 Å². The molecule has 28 aromatic rings. The van der Waals surface area contributed by atoms with Gasteiger partial charge in [-0.25, -0.2) is 15.0 Å². The molecular weight excluding hydrogens is 1630 g/mol. The maximum atomic E-state index is 5.40. The van der Waals surface area contributed by atoms with Gasteiger partial charge < -0.3 is 9.13 Å². The molecule has 0 unspecified atom stereocenters. The van der Waals surface area contributed by atoms with Crippen LogP contribution in [0.1, 0.15) is 0 Å². The molecule has 0 atom stereocenters. The van der Waals surface area contributed by atoms with E-state index in [2.05, 4.69) is 455 Å². The van der Waals surface area contributed by atoms with Gasteiger partial charge in [-0.3, -0.25) is 9.13 Å². The van der Waals surface area contributed by atoms with Crippen LogP contribution in [-0.4, -0.2) is 43.2 Å². The number of nitrogens with zero attached hydrogens (tertiary/aromatic N) is 9. The fraction of sp³-hybridized carbons (Fsp3) is 0. The topological polar surface area (TPSA) is 84.2 Å². The summed E-state index contributed by atoms with van der Waals surface area (Å²) >= 11 is 0. The van der Waals surface area contributed by atoms with Crippen molar-refractivity contribution in [1.82, 2.24) is 43.2 Å². The second-order valence-electron chi connectivity index (χ2n) is 34.5. The molecule has 0 spiro atoms. The summed E-state index contributed by atoms with van der Waals surface area (Å²) in [7, 11) is 0. The lowest BCUT2D eigenvalue weighted by atomic mass is 9.91. The average Bonchev–Trinajstić information content (AvgIpc) is 1.52. The zero-order valence-corrected chi connectivity index (χ0v) is 72.6. The van der Waals surface area contributed by atoms with Gasteiger partial charge in [0.15, 0.2) is 11.6 Å². The molecule has 0 aliphatic rings. The van der Waals surface area contributed by atoms with Crippen LogP contribution >= 0.6 is 0 Å². The van der Waals surface area contributed by atoms with E-state index < -0.39 is 0 Å². The molecular formula is C125H79N9. The van der Waals surface area contributed by atoms with E-state index in [0.717, 1.165) is 88.7 Å². The lowest BCUT2D eigenvalue weighted by Gasteiger charge is -2.14. The minimum atomic E-state index is 0.579. The van der Waals surface area contributed by atoms with E-state index in [1.807, 2.05) is 42.5 Å². The molecule has 6 heterocycles. The number of hydrogen-bond donors (Lipinski definition) is 0. The van der Waals surface area contributed by atoms with Crippen molar-refractivity contribution in [2.75, 3.05) is 0 Å². The van der Waals surface area contributed by atoms with Crippen LogP contribution in [0.2, 0.25) is 0 Å². The molecule has 9 nitrogen and oxygen atoms in total. The molecule has 0 saturated heterocycles. The van der Waals surface area contributed by atoms with Crippen molar-refractivity contribution in [1.29, 1.82) is 0 Å². The maximum Gasteiger partial charge on any atom is 0.238 e. The Morgan fingerprint density at radius 3 is 1.16 bits per heavy atom. The van der Waals surface area contributed by atoms with Crippen LogP contribution in [-0.2, 0) is 0 Å². The highest BCUT2D eigenvalue weighted by molar-refractivity contribution is 6.37. The van der Waals surface area contributed by atoms with E-state index in [1.54, 1.807) is 0 Å². The molecule has 0 amide bonds. The van der Waals surface area contributed by atoms with Gasteiger partial charge in [0.1, 0.15) is 0 Å². The maximum absolute atomic E-state index is 5.40. The Hall–Kier alpha value is -18.1. The third-order valence-electron chi connectivity index (χ3n) is 26.8. The highest BCUT2D eigenvalue weighted by Gasteiger charge is 2.29. The predicted octanol–water partition coefficient (Wildman–Crippen LogP) is 32.5. The van der Waals surface area contributed by atoms with E-state index in [-0.39, 0.29) is 0 Å². The predicted molar refractivity (Wildman–Crippen MR) is 561 cm³/mol. The molecule has 0 N–H and O–H groups in total. The molecule has 0 radical (unpaired) electrons. The summed E-state index contributed by atoms with van der Waals surface area (Å²) in [4.78, 5) is 26.2. The van der Waals surface area contributed by atoms with Gasteiger partial charge in [-0.05, 0) is 183 Å². The SMILES string of the molecule is c1cc(-c2ccc3cc(-c4ccc5ccccc5c4)ccc3c2)cc(-c2cc3ccccc3c3ccccc23)c1.c1ccc(-c2nc(-c3ccccc3)nc(-n3c4ccccc4c4c5ccccc5c5c6ccccc6n(-c6ccccc6)c5c43)n2)cc1.c1ccc(-c2nc(-n3c4ccc5ccccc5c4c4ccc5c6ccccc6n(-c6ccccc6)c5c43)nc3ccccc23)cc1. The van der Waals surface area contributed by atoms with Crippen LogP contribution in [0.5, 0.6) is 0 Å². The molecule has 0 bridgehead atoms. The molecule has 0 saturated carbocycles. The summed E-state index contributed by atoms with van der Waals surface area (Å²) in [6.07, 6.45) is 0. The molecule has 6 aromatic heterocycles. The largest absolute Gasteiger partial charge is 0.307 e. The first-order valence-electron chi connectivity index (χ1n) is 45.6. The van der Waals surface area contributed by atoms with Crippen LogP contribution < -0.4 is 0 Å². The van der Waals surface area contributed by atoms with Gasteiger partial charge >= 0.3 is 0 Å². The van der Waals surface area contributed by atoms with Crippen LogP contribution in [0.25, 0.3) is 253 Å². The first-order valence-corrected chi connectivity index (χ1v) is 45.6. The number of benzene rings is 22. The van der Waals surface area contributed by atoms with Gasteiger partial charge in [0, 0.05) is 76.5 Å². The van der Waals surface area contributed by atoms with Crippen LogP contribution in [0.15, 0.2) is 479 Å². The summed E-state index contributed by atoms with van der Waals surface area (Å²) < 4.78 is 9.38. The summed E-state index contributed by atoms with van der Waals surface area (Å²) in [6.45, 7) is 0. The molecule has 624 valence electrons. The van der Waals surface area contributed by atoms with Crippen molar-refractivity contribution in [3.05, 3.63) is 479 Å². The third kappa shape index (κ3) is 12.9. The van der Waals surface area contributed by atoms with Crippen molar-refractivity contribution in [2.45, 2.75) is 0 Å². The number of rotatable bonds is 10. The Morgan fingerprint density at radius 1 is 0.157 bits per heavy atom. The second kappa shape index (κ2) is 32.0. The van der Waals surface area contributed by atoms with Crippen LogP contribution in [0.4, 0.5) is 0 Å². The quantitative estimate of drug-likeness (QED) is 0.127. The smallest absolute Gasteiger partial charge is 0.238 e. The van der Waals surface area contributed by atoms with E-state index in [9.17, 15) is 0 Å². The van der Waals surface area contributed by atoms with Crippen molar-refractivity contribution in [2.24, 2.45) is 0 Å². The van der Waals surface area contributed by atoms with Crippen LogP contribution in [0.3, 0.4) is 0 Å². The zero-order valence-electron chi connectivity index (χ0n) is 72.6. The number of aromatic nitrogens is 9. The number of para-hydroxylation sites is 6. The Kier molecular flexibility index (Phi) is 18.4. The lowest BCUT2D eigenvalue weighted by Crippen LogP contribution is -2.07.